The number of carbonyl (C=O) groups is 3. The molecule has 0 aromatic heterocycles. The second-order valence-electron chi connectivity index (χ2n) is 7.95. The van der Waals surface area contributed by atoms with E-state index in [0.717, 1.165) is 13.1 Å². The number of Topliss-reactive ketones (excluding diaryl/α,β-unsaturated/α-hetero) is 1. The molecule has 1 fully saturated rings. The van der Waals surface area contributed by atoms with E-state index in [0.29, 0.717) is 29.9 Å². The maximum Gasteiger partial charge on any atom is 0.249 e. The fourth-order valence-electron chi connectivity index (χ4n) is 3.70. The predicted molar refractivity (Wildman–Crippen MR) is 124 cm³/mol. The molecule has 1 heterocycles. The van der Waals surface area contributed by atoms with Crippen LogP contribution >= 0.6 is 0 Å². The van der Waals surface area contributed by atoms with Crippen LogP contribution in [0, 0.1) is 13.8 Å². The largest absolute Gasteiger partial charge is 0.368 e. The highest BCUT2D eigenvalue weighted by atomic mass is 16.2. The lowest BCUT2D eigenvalue weighted by Crippen LogP contribution is -2.49. The number of anilines is 2. The molecule has 0 saturated carbocycles. The molecule has 0 radical (unpaired) electrons. The van der Waals surface area contributed by atoms with Crippen LogP contribution < -0.4 is 10.2 Å². The van der Waals surface area contributed by atoms with Gasteiger partial charge in [0.05, 0.1) is 0 Å². The number of ketones is 1. The molecule has 1 aliphatic rings. The van der Waals surface area contributed by atoms with Crippen LogP contribution in [0.1, 0.15) is 35.3 Å². The summed E-state index contributed by atoms with van der Waals surface area (Å²) >= 11 is 0. The van der Waals surface area contributed by atoms with Crippen LogP contribution in [0.25, 0.3) is 0 Å². The number of nitrogens with one attached hydrogen (secondary N) is 1. The zero-order chi connectivity index (χ0) is 22.5. The summed E-state index contributed by atoms with van der Waals surface area (Å²) in [5.41, 5.74) is 5.31. The summed E-state index contributed by atoms with van der Waals surface area (Å²) in [6, 6.07) is 13.0. The first kappa shape index (κ1) is 22.3. The first-order chi connectivity index (χ1) is 14.8. The molecule has 1 aliphatic heterocycles. The van der Waals surface area contributed by atoms with E-state index < -0.39 is 0 Å². The predicted octanol–water partition coefficient (Wildman–Crippen LogP) is 3.74. The van der Waals surface area contributed by atoms with E-state index in [2.05, 4.69) is 42.3 Å². The van der Waals surface area contributed by atoms with E-state index in [1.54, 1.807) is 36.1 Å². The summed E-state index contributed by atoms with van der Waals surface area (Å²) in [6.45, 7) is 10.1. The Bertz CT molecular complexity index is 1020. The summed E-state index contributed by atoms with van der Waals surface area (Å²) in [4.78, 5) is 40.5. The Labute approximate surface area is 183 Å². The molecule has 1 saturated heterocycles. The second-order valence-corrected chi connectivity index (χ2v) is 7.95. The van der Waals surface area contributed by atoms with Gasteiger partial charge in [0.2, 0.25) is 11.8 Å². The molecule has 3 rings (SSSR count). The Hall–Kier alpha value is -3.41. The Morgan fingerprint density at radius 2 is 1.55 bits per heavy atom. The first-order valence-corrected chi connectivity index (χ1v) is 10.5. The van der Waals surface area contributed by atoms with Crippen LogP contribution in [-0.2, 0) is 9.59 Å². The minimum Gasteiger partial charge on any atom is -0.368 e. The molecule has 0 bridgehead atoms. The van der Waals surface area contributed by atoms with Crippen molar-refractivity contribution in [3.8, 4) is 0 Å². The highest BCUT2D eigenvalue weighted by Crippen LogP contribution is 2.24. The molecule has 2 aromatic carbocycles. The summed E-state index contributed by atoms with van der Waals surface area (Å²) in [6.07, 6.45) is 1.33. The van der Waals surface area contributed by atoms with Crippen LogP contribution in [0.4, 0.5) is 11.4 Å². The Morgan fingerprint density at radius 3 is 2.16 bits per heavy atom. The lowest BCUT2D eigenvalue weighted by Gasteiger charge is -2.37. The average molecular weight is 420 g/mol. The molecule has 2 aromatic rings. The molecule has 6 nitrogen and oxygen atoms in total. The smallest absolute Gasteiger partial charge is 0.249 e. The van der Waals surface area contributed by atoms with Gasteiger partial charge in [-0.05, 0) is 69.2 Å². The minimum absolute atomic E-state index is 0.0307. The first-order valence-electron chi connectivity index (χ1n) is 10.5. The van der Waals surface area contributed by atoms with E-state index in [1.165, 1.54) is 29.8 Å². The van der Waals surface area contributed by atoms with Crippen molar-refractivity contribution in [1.29, 1.82) is 0 Å². The fraction of sp³-hybridized carbons (Fsp3) is 0.320. The maximum absolute atomic E-state index is 12.8. The van der Waals surface area contributed by atoms with Crippen molar-refractivity contribution >= 4 is 29.0 Å². The SMILES string of the molecule is CC(=O)c1ccc(NC(=O)/C=C(/C)C(=O)N2CCN(c3cccc(C)c3C)CC2)cc1. The number of benzene rings is 2. The third-order valence-electron chi connectivity index (χ3n) is 5.73. The van der Waals surface area contributed by atoms with E-state index in [9.17, 15) is 14.4 Å². The Morgan fingerprint density at radius 1 is 0.903 bits per heavy atom. The standard InChI is InChI=1S/C25H29N3O3/c1-17-6-5-7-23(19(17)3)27-12-14-28(15-13-27)25(31)18(2)16-24(30)26-22-10-8-21(9-11-22)20(4)29/h5-11,16H,12-15H2,1-4H3,(H,26,30)/b18-16-. The van der Waals surface area contributed by atoms with Crippen LogP contribution in [0.15, 0.2) is 54.1 Å². The summed E-state index contributed by atoms with van der Waals surface area (Å²) < 4.78 is 0. The van der Waals surface area contributed by atoms with Gasteiger partial charge in [-0.25, -0.2) is 0 Å². The van der Waals surface area contributed by atoms with Crippen molar-refractivity contribution in [3.05, 3.63) is 70.8 Å². The number of rotatable bonds is 5. The van der Waals surface area contributed by atoms with Gasteiger partial charge in [0, 0.05) is 54.8 Å². The van der Waals surface area contributed by atoms with Crippen LogP contribution in [0.2, 0.25) is 0 Å². The summed E-state index contributed by atoms with van der Waals surface area (Å²) in [5.74, 6) is -0.519. The number of carbonyl (C=O) groups excluding carboxylic acids is 3. The van der Waals surface area contributed by atoms with Crippen LogP contribution in [0.3, 0.4) is 0 Å². The van der Waals surface area contributed by atoms with Gasteiger partial charge in [0.15, 0.2) is 5.78 Å². The molecule has 0 aliphatic carbocycles. The van der Waals surface area contributed by atoms with Crippen molar-refractivity contribution in [1.82, 2.24) is 4.90 Å². The van der Waals surface area contributed by atoms with E-state index in [-0.39, 0.29) is 17.6 Å². The maximum atomic E-state index is 12.8. The molecule has 2 amide bonds. The molecular formula is C25H29N3O3. The molecule has 0 spiro atoms. The van der Waals surface area contributed by atoms with Crippen molar-refractivity contribution in [2.45, 2.75) is 27.7 Å². The van der Waals surface area contributed by atoms with Crippen molar-refractivity contribution in [2.75, 3.05) is 36.4 Å². The van der Waals surface area contributed by atoms with Gasteiger partial charge in [0.25, 0.3) is 0 Å². The normalized spacial score (nSPS) is 14.4. The van der Waals surface area contributed by atoms with Gasteiger partial charge in [-0.15, -0.1) is 0 Å². The fourth-order valence-corrected chi connectivity index (χ4v) is 3.70. The van der Waals surface area contributed by atoms with Crippen LogP contribution in [0.5, 0.6) is 0 Å². The number of nitrogens with zero attached hydrogens (tertiary/aromatic N) is 2. The van der Waals surface area contributed by atoms with E-state index in [4.69, 9.17) is 0 Å². The van der Waals surface area contributed by atoms with Gasteiger partial charge >= 0.3 is 0 Å². The van der Waals surface area contributed by atoms with Crippen molar-refractivity contribution < 1.29 is 14.4 Å². The topological polar surface area (TPSA) is 69.7 Å². The minimum atomic E-state index is -0.365. The quantitative estimate of drug-likeness (QED) is 0.592. The number of hydrogen-bond acceptors (Lipinski definition) is 4. The molecule has 0 atom stereocenters. The molecule has 1 N–H and O–H groups in total. The lowest BCUT2D eigenvalue weighted by atomic mass is 10.1. The molecule has 162 valence electrons. The lowest BCUT2D eigenvalue weighted by molar-refractivity contribution is -0.127. The molecule has 6 heteroatoms. The number of amides is 2. The monoisotopic (exact) mass is 419 g/mol. The van der Waals surface area contributed by atoms with Crippen molar-refractivity contribution in [3.63, 3.8) is 0 Å². The second kappa shape index (κ2) is 9.60. The highest BCUT2D eigenvalue weighted by molar-refractivity contribution is 6.06. The van der Waals surface area contributed by atoms with E-state index in [1.807, 2.05) is 0 Å². The highest BCUT2D eigenvalue weighted by Gasteiger charge is 2.23. The van der Waals surface area contributed by atoms with Gasteiger partial charge in [-0.2, -0.15) is 0 Å². The molecular weight excluding hydrogens is 390 g/mol. The molecule has 31 heavy (non-hydrogen) atoms. The Balaban J connectivity index is 1.57. The van der Waals surface area contributed by atoms with Gasteiger partial charge in [-0.1, -0.05) is 12.1 Å². The number of piperazine rings is 1. The Kier molecular flexibility index (Phi) is 6.90. The number of hydrogen-bond donors (Lipinski definition) is 1. The summed E-state index contributed by atoms with van der Waals surface area (Å²) in [5, 5.41) is 2.73. The summed E-state index contributed by atoms with van der Waals surface area (Å²) in [7, 11) is 0. The van der Waals surface area contributed by atoms with Gasteiger partial charge in [-0.3, -0.25) is 14.4 Å². The van der Waals surface area contributed by atoms with Crippen LogP contribution in [-0.4, -0.2) is 48.7 Å². The zero-order valence-corrected chi connectivity index (χ0v) is 18.6. The third-order valence-corrected chi connectivity index (χ3v) is 5.73. The molecule has 0 unspecified atom stereocenters. The third kappa shape index (κ3) is 5.40. The van der Waals surface area contributed by atoms with Gasteiger partial charge in [0.1, 0.15) is 0 Å². The van der Waals surface area contributed by atoms with E-state index >= 15 is 0 Å². The average Bonchev–Trinajstić information content (AvgIpc) is 2.75. The zero-order valence-electron chi connectivity index (χ0n) is 18.6. The number of aryl methyl sites for hydroxylation is 1. The van der Waals surface area contributed by atoms with Crippen molar-refractivity contribution in [2.24, 2.45) is 0 Å². The van der Waals surface area contributed by atoms with Gasteiger partial charge < -0.3 is 15.1 Å².